The van der Waals surface area contributed by atoms with Gasteiger partial charge in [-0.3, -0.25) is 0 Å². The first-order valence-corrected chi connectivity index (χ1v) is 5.92. The van der Waals surface area contributed by atoms with Gasteiger partial charge in [-0.1, -0.05) is 11.6 Å². The SMILES string of the molecule is N#Cc1cc(S(=O)(=O)Cl)c(O)cc1Cl. The summed E-state index contributed by atoms with van der Waals surface area (Å²) >= 11 is 5.53. The molecule has 1 aromatic carbocycles. The summed E-state index contributed by atoms with van der Waals surface area (Å²) in [6, 6.07) is 3.54. The Morgan fingerprint density at radius 3 is 2.43 bits per heavy atom. The average Bonchev–Trinajstić information content (AvgIpc) is 2.02. The summed E-state index contributed by atoms with van der Waals surface area (Å²) < 4.78 is 21.8. The molecule has 0 aliphatic carbocycles. The predicted octanol–water partition coefficient (Wildman–Crippen LogP) is 1.84. The molecule has 74 valence electrons. The van der Waals surface area contributed by atoms with Gasteiger partial charge in [0.1, 0.15) is 16.7 Å². The highest BCUT2D eigenvalue weighted by molar-refractivity contribution is 8.13. The summed E-state index contributed by atoms with van der Waals surface area (Å²) in [6.07, 6.45) is 0. The minimum atomic E-state index is -4.07. The average molecular weight is 252 g/mol. The van der Waals surface area contributed by atoms with Crippen LogP contribution in [0, 0.1) is 11.3 Å². The van der Waals surface area contributed by atoms with E-state index in [4.69, 9.17) is 27.5 Å². The lowest BCUT2D eigenvalue weighted by atomic mass is 10.2. The summed E-state index contributed by atoms with van der Waals surface area (Å²) in [5.74, 6) is -0.580. The Labute approximate surface area is 89.7 Å². The van der Waals surface area contributed by atoms with Crippen LogP contribution in [-0.2, 0) is 9.05 Å². The zero-order valence-electron chi connectivity index (χ0n) is 6.53. The molecule has 0 unspecified atom stereocenters. The van der Waals surface area contributed by atoms with E-state index in [0.717, 1.165) is 12.1 Å². The predicted molar refractivity (Wildman–Crippen MR) is 50.9 cm³/mol. The van der Waals surface area contributed by atoms with Crippen LogP contribution in [0.1, 0.15) is 5.56 Å². The van der Waals surface area contributed by atoms with Gasteiger partial charge >= 0.3 is 0 Å². The third-order valence-electron chi connectivity index (χ3n) is 1.43. The van der Waals surface area contributed by atoms with Crippen molar-refractivity contribution in [3.8, 4) is 11.8 Å². The fourth-order valence-electron chi connectivity index (χ4n) is 0.824. The molecule has 0 spiro atoms. The summed E-state index contributed by atoms with van der Waals surface area (Å²) in [6.45, 7) is 0. The molecule has 0 saturated carbocycles. The van der Waals surface area contributed by atoms with Gasteiger partial charge < -0.3 is 5.11 Å². The topological polar surface area (TPSA) is 78.2 Å². The third kappa shape index (κ3) is 2.10. The molecule has 4 nitrogen and oxygen atoms in total. The quantitative estimate of drug-likeness (QED) is 0.773. The summed E-state index contributed by atoms with van der Waals surface area (Å²) in [5.41, 5.74) is -0.0660. The zero-order chi connectivity index (χ0) is 10.9. The summed E-state index contributed by atoms with van der Waals surface area (Å²) in [7, 11) is 0.934. The number of phenolic OH excluding ortho intramolecular Hbond substituents is 1. The second kappa shape index (κ2) is 3.65. The highest BCUT2D eigenvalue weighted by Crippen LogP contribution is 2.31. The number of hydrogen-bond donors (Lipinski definition) is 1. The first-order chi connectivity index (χ1) is 6.36. The molecule has 7 heteroatoms. The lowest BCUT2D eigenvalue weighted by Gasteiger charge is -2.02. The number of phenols is 1. The van der Waals surface area contributed by atoms with E-state index in [9.17, 15) is 13.5 Å². The van der Waals surface area contributed by atoms with Crippen LogP contribution >= 0.6 is 22.3 Å². The van der Waals surface area contributed by atoms with Crippen LogP contribution in [0.4, 0.5) is 0 Å². The van der Waals surface area contributed by atoms with Crippen LogP contribution in [0.25, 0.3) is 0 Å². The Balaban J connectivity index is 3.58. The van der Waals surface area contributed by atoms with Crippen molar-refractivity contribution >= 4 is 31.3 Å². The molecule has 14 heavy (non-hydrogen) atoms. The van der Waals surface area contributed by atoms with E-state index in [1.165, 1.54) is 0 Å². The standard InChI is InChI=1S/C7H3Cl2NO3S/c8-5-2-6(11)7(14(9,12)13)1-4(5)3-10/h1-2,11H. The number of rotatable bonds is 1. The number of hydrogen-bond acceptors (Lipinski definition) is 4. The second-order valence-corrected chi connectivity index (χ2v) is 5.29. The van der Waals surface area contributed by atoms with E-state index in [0.29, 0.717) is 0 Å². The van der Waals surface area contributed by atoms with Crippen LogP contribution in [0.3, 0.4) is 0 Å². The van der Waals surface area contributed by atoms with Crippen LogP contribution in [-0.4, -0.2) is 13.5 Å². The normalized spacial score (nSPS) is 10.9. The Kier molecular flexibility index (Phi) is 2.90. The van der Waals surface area contributed by atoms with Gasteiger partial charge in [-0.2, -0.15) is 5.26 Å². The van der Waals surface area contributed by atoms with Crippen molar-refractivity contribution in [3.63, 3.8) is 0 Å². The molecule has 0 radical (unpaired) electrons. The van der Waals surface area contributed by atoms with Crippen molar-refractivity contribution in [1.82, 2.24) is 0 Å². The molecular weight excluding hydrogens is 249 g/mol. The first-order valence-electron chi connectivity index (χ1n) is 3.23. The van der Waals surface area contributed by atoms with Crippen LogP contribution in [0.5, 0.6) is 5.75 Å². The van der Waals surface area contributed by atoms with E-state index in [1.807, 2.05) is 0 Å². The fraction of sp³-hybridized carbons (Fsp3) is 0. The monoisotopic (exact) mass is 251 g/mol. The lowest BCUT2D eigenvalue weighted by molar-refractivity contribution is 0.459. The second-order valence-electron chi connectivity index (χ2n) is 2.35. The number of halogens is 2. The van der Waals surface area contributed by atoms with Gasteiger partial charge in [0.15, 0.2) is 0 Å². The van der Waals surface area contributed by atoms with Gasteiger partial charge in [-0.15, -0.1) is 0 Å². The summed E-state index contributed by atoms with van der Waals surface area (Å²) in [5, 5.41) is 17.7. The van der Waals surface area contributed by atoms with E-state index >= 15 is 0 Å². The molecule has 1 aromatic rings. The Morgan fingerprint density at radius 1 is 1.43 bits per heavy atom. The van der Waals surface area contributed by atoms with E-state index in [1.54, 1.807) is 6.07 Å². The van der Waals surface area contributed by atoms with Crippen LogP contribution in [0.15, 0.2) is 17.0 Å². The number of nitrogens with zero attached hydrogens (tertiary/aromatic N) is 1. The summed E-state index contributed by atoms with van der Waals surface area (Å²) in [4.78, 5) is -0.528. The van der Waals surface area contributed by atoms with Crippen molar-refractivity contribution in [3.05, 3.63) is 22.7 Å². The Hall–Kier alpha value is -0.960. The lowest BCUT2D eigenvalue weighted by Crippen LogP contribution is -1.93. The first kappa shape index (κ1) is 11.1. The molecule has 0 fully saturated rings. The molecule has 0 amide bonds. The molecule has 0 aliphatic heterocycles. The highest BCUT2D eigenvalue weighted by Gasteiger charge is 2.18. The molecular formula is C7H3Cl2NO3S. The molecule has 0 aliphatic rings. The largest absolute Gasteiger partial charge is 0.506 e. The third-order valence-corrected chi connectivity index (χ3v) is 3.10. The highest BCUT2D eigenvalue weighted by atomic mass is 35.7. The van der Waals surface area contributed by atoms with Gasteiger partial charge in [-0.05, 0) is 6.07 Å². The molecule has 1 N–H and O–H groups in total. The van der Waals surface area contributed by atoms with E-state index < -0.39 is 19.7 Å². The van der Waals surface area contributed by atoms with Crippen molar-refractivity contribution in [2.45, 2.75) is 4.90 Å². The number of benzene rings is 1. The fourth-order valence-corrected chi connectivity index (χ4v) is 1.96. The maximum atomic E-state index is 10.9. The molecule has 1 rings (SSSR count). The van der Waals surface area contributed by atoms with Crippen LogP contribution in [0.2, 0.25) is 5.02 Å². The zero-order valence-corrected chi connectivity index (χ0v) is 8.86. The van der Waals surface area contributed by atoms with Crippen molar-refractivity contribution in [2.75, 3.05) is 0 Å². The maximum Gasteiger partial charge on any atom is 0.265 e. The van der Waals surface area contributed by atoms with Crippen molar-refractivity contribution in [2.24, 2.45) is 0 Å². The molecule has 0 heterocycles. The Morgan fingerprint density at radius 2 is 2.00 bits per heavy atom. The minimum absolute atomic E-state index is 0.0333. The number of nitriles is 1. The number of aromatic hydroxyl groups is 1. The van der Waals surface area contributed by atoms with Gasteiger partial charge in [0.05, 0.1) is 10.6 Å². The van der Waals surface area contributed by atoms with E-state index in [2.05, 4.69) is 0 Å². The van der Waals surface area contributed by atoms with Gasteiger partial charge in [-0.25, -0.2) is 8.42 Å². The van der Waals surface area contributed by atoms with E-state index in [-0.39, 0.29) is 10.6 Å². The molecule has 0 saturated heterocycles. The van der Waals surface area contributed by atoms with Crippen LogP contribution < -0.4 is 0 Å². The van der Waals surface area contributed by atoms with Gasteiger partial charge in [0.2, 0.25) is 0 Å². The maximum absolute atomic E-state index is 10.9. The Bertz CT molecular complexity index is 518. The molecule has 0 atom stereocenters. The van der Waals surface area contributed by atoms with Crippen molar-refractivity contribution in [1.29, 1.82) is 5.26 Å². The van der Waals surface area contributed by atoms with Gasteiger partial charge in [0, 0.05) is 16.7 Å². The molecule has 0 aromatic heterocycles. The minimum Gasteiger partial charge on any atom is -0.506 e. The van der Waals surface area contributed by atoms with Crippen molar-refractivity contribution < 1.29 is 13.5 Å². The molecule has 0 bridgehead atoms. The van der Waals surface area contributed by atoms with Gasteiger partial charge in [0.25, 0.3) is 9.05 Å². The smallest absolute Gasteiger partial charge is 0.265 e.